The number of aliphatic hydroxyl groups is 1. The minimum atomic E-state index is -0.0551. The van der Waals surface area contributed by atoms with Crippen LogP contribution in [0.4, 0.5) is 5.69 Å². The molecule has 1 unspecified atom stereocenters. The van der Waals surface area contributed by atoms with Gasteiger partial charge in [-0.15, -0.1) is 0 Å². The Kier molecular flexibility index (Phi) is 5.27. The van der Waals surface area contributed by atoms with Crippen LogP contribution in [0.5, 0.6) is 0 Å². The van der Waals surface area contributed by atoms with Crippen LogP contribution in [0, 0.1) is 17.2 Å². The van der Waals surface area contributed by atoms with Crippen molar-refractivity contribution >= 4 is 17.3 Å². The second-order valence-electron chi connectivity index (χ2n) is 4.00. The summed E-state index contributed by atoms with van der Waals surface area (Å²) in [4.78, 5) is 2.06. The number of nitrogens with zero attached hydrogens (tertiary/aromatic N) is 2. The third-order valence-electron chi connectivity index (χ3n) is 2.65. The van der Waals surface area contributed by atoms with Gasteiger partial charge < -0.3 is 10.0 Å². The van der Waals surface area contributed by atoms with Gasteiger partial charge in [-0.05, 0) is 26.0 Å². The molecule has 0 fully saturated rings. The summed E-state index contributed by atoms with van der Waals surface area (Å²) in [5.74, 6) is -0.0551. The van der Waals surface area contributed by atoms with Crippen LogP contribution in [0.1, 0.15) is 19.4 Å². The molecule has 1 aromatic rings. The molecule has 1 N–H and O–H groups in total. The zero-order valence-electron chi connectivity index (χ0n) is 10.2. The van der Waals surface area contributed by atoms with E-state index in [4.69, 9.17) is 16.9 Å². The third kappa shape index (κ3) is 3.62. The Bertz CT molecular complexity index is 414. The van der Waals surface area contributed by atoms with Gasteiger partial charge in [-0.25, -0.2) is 0 Å². The van der Waals surface area contributed by atoms with Crippen LogP contribution in [0.3, 0.4) is 0 Å². The van der Waals surface area contributed by atoms with E-state index in [0.717, 1.165) is 17.8 Å². The zero-order valence-corrected chi connectivity index (χ0v) is 10.9. The van der Waals surface area contributed by atoms with Crippen LogP contribution in [-0.4, -0.2) is 18.2 Å². The van der Waals surface area contributed by atoms with E-state index in [0.29, 0.717) is 11.6 Å². The van der Waals surface area contributed by atoms with Crippen LogP contribution < -0.4 is 4.90 Å². The van der Waals surface area contributed by atoms with Crippen LogP contribution in [0.25, 0.3) is 0 Å². The Labute approximate surface area is 107 Å². The van der Waals surface area contributed by atoms with E-state index in [-0.39, 0.29) is 12.5 Å². The fourth-order valence-electron chi connectivity index (χ4n) is 1.73. The number of benzene rings is 1. The number of aliphatic hydroxyl groups excluding tert-OH is 1. The molecule has 0 heterocycles. The first-order chi connectivity index (χ1) is 8.12. The summed E-state index contributed by atoms with van der Waals surface area (Å²) in [6, 6.07) is 7.63. The number of rotatable bonds is 5. The molecule has 0 radical (unpaired) electrons. The Morgan fingerprint density at radius 1 is 1.53 bits per heavy atom. The first-order valence-electron chi connectivity index (χ1n) is 5.66. The molecule has 1 atom stereocenters. The molecule has 3 nitrogen and oxygen atoms in total. The van der Waals surface area contributed by atoms with Crippen LogP contribution in [0.2, 0.25) is 5.02 Å². The van der Waals surface area contributed by atoms with Gasteiger partial charge >= 0.3 is 0 Å². The molecule has 0 aromatic heterocycles. The minimum absolute atomic E-state index is 0.0239. The highest BCUT2D eigenvalue weighted by Crippen LogP contribution is 2.25. The average Bonchev–Trinajstić information content (AvgIpc) is 2.35. The van der Waals surface area contributed by atoms with Gasteiger partial charge in [0.15, 0.2) is 0 Å². The molecule has 0 spiro atoms. The van der Waals surface area contributed by atoms with Crippen LogP contribution >= 0.6 is 11.6 Å². The molecule has 0 aliphatic carbocycles. The van der Waals surface area contributed by atoms with E-state index in [1.807, 2.05) is 26.0 Å². The largest absolute Gasteiger partial charge is 0.392 e. The standard InChI is InChI=1S/C13H17ClN2O/c1-3-16(8-10(2)7-15)13-6-12(14)5-4-11(13)9-17/h4-6,10,17H,3,8-9H2,1-2H3. The minimum Gasteiger partial charge on any atom is -0.392 e. The molecule has 0 saturated carbocycles. The Morgan fingerprint density at radius 3 is 2.76 bits per heavy atom. The van der Waals surface area contributed by atoms with Crippen molar-refractivity contribution in [2.45, 2.75) is 20.5 Å². The van der Waals surface area contributed by atoms with Gasteiger partial charge in [0.1, 0.15) is 0 Å². The summed E-state index contributed by atoms with van der Waals surface area (Å²) in [7, 11) is 0. The number of hydrogen-bond donors (Lipinski definition) is 1. The molecule has 0 bridgehead atoms. The Balaban J connectivity index is 3.02. The van der Waals surface area contributed by atoms with Gasteiger partial charge in [0.25, 0.3) is 0 Å². The van der Waals surface area contributed by atoms with Crippen molar-refractivity contribution in [3.63, 3.8) is 0 Å². The van der Waals surface area contributed by atoms with Gasteiger partial charge in [0, 0.05) is 29.4 Å². The highest BCUT2D eigenvalue weighted by atomic mass is 35.5. The molecular formula is C13H17ClN2O. The summed E-state index contributed by atoms with van der Waals surface area (Å²) in [5.41, 5.74) is 1.74. The van der Waals surface area contributed by atoms with Crippen LogP contribution in [-0.2, 0) is 6.61 Å². The lowest BCUT2D eigenvalue weighted by Gasteiger charge is -2.26. The van der Waals surface area contributed by atoms with E-state index >= 15 is 0 Å². The van der Waals surface area contributed by atoms with Gasteiger partial charge in [0.2, 0.25) is 0 Å². The topological polar surface area (TPSA) is 47.3 Å². The summed E-state index contributed by atoms with van der Waals surface area (Å²) in [5, 5.41) is 18.8. The molecule has 4 heteroatoms. The van der Waals surface area contributed by atoms with E-state index in [1.54, 1.807) is 6.07 Å². The maximum Gasteiger partial charge on any atom is 0.0702 e. The molecule has 0 aliphatic heterocycles. The van der Waals surface area contributed by atoms with E-state index in [9.17, 15) is 5.11 Å². The van der Waals surface area contributed by atoms with Crippen molar-refractivity contribution in [2.24, 2.45) is 5.92 Å². The van der Waals surface area contributed by atoms with E-state index < -0.39 is 0 Å². The fraction of sp³-hybridized carbons (Fsp3) is 0.462. The molecule has 1 rings (SSSR count). The lowest BCUT2D eigenvalue weighted by atomic mass is 10.1. The second kappa shape index (κ2) is 6.48. The predicted molar refractivity (Wildman–Crippen MR) is 70.0 cm³/mol. The first-order valence-corrected chi connectivity index (χ1v) is 6.04. The van der Waals surface area contributed by atoms with Crippen molar-refractivity contribution in [3.05, 3.63) is 28.8 Å². The quantitative estimate of drug-likeness (QED) is 0.877. The maximum absolute atomic E-state index is 9.31. The monoisotopic (exact) mass is 252 g/mol. The normalized spacial score (nSPS) is 11.9. The average molecular weight is 253 g/mol. The number of nitriles is 1. The zero-order chi connectivity index (χ0) is 12.8. The summed E-state index contributed by atoms with van der Waals surface area (Å²) in [6.45, 7) is 5.29. The van der Waals surface area contributed by atoms with Crippen LogP contribution in [0.15, 0.2) is 18.2 Å². The SMILES string of the molecule is CCN(CC(C)C#N)c1cc(Cl)ccc1CO. The summed E-state index contributed by atoms with van der Waals surface area (Å²) >= 11 is 5.97. The fourth-order valence-corrected chi connectivity index (χ4v) is 1.90. The van der Waals surface area contributed by atoms with Crippen molar-refractivity contribution < 1.29 is 5.11 Å². The highest BCUT2D eigenvalue weighted by molar-refractivity contribution is 6.30. The Hall–Kier alpha value is -1.24. The lowest BCUT2D eigenvalue weighted by Crippen LogP contribution is -2.28. The predicted octanol–water partition coefficient (Wildman–Crippen LogP) is 2.82. The number of anilines is 1. The van der Waals surface area contributed by atoms with Gasteiger partial charge in [-0.1, -0.05) is 17.7 Å². The number of hydrogen-bond acceptors (Lipinski definition) is 3. The van der Waals surface area contributed by atoms with E-state index in [2.05, 4.69) is 11.0 Å². The van der Waals surface area contributed by atoms with Crippen molar-refractivity contribution in [3.8, 4) is 6.07 Å². The molecular weight excluding hydrogens is 236 g/mol. The van der Waals surface area contributed by atoms with Crippen molar-refractivity contribution in [1.29, 1.82) is 5.26 Å². The number of halogens is 1. The highest BCUT2D eigenvalue weighted by Gasteiger charge is 2.13. The van der Waals surface area contributed by atoms with Crippen molar-refractivity contribution in [1.82, 2.24) is 0 Å². The Morgan fingerprint density at radius 2 is 2.24 bits per heavy atom. The van der Waals surface area contributed by atoms with E-state index in [1.165, 1.54) is 0 Å². The maximum atomic E-state index is 9.31. The van der Waals surface area contributed by atoms with Gasteiger partial charge in [0.05, 0.1) is 18.6 Å². The molecule has 0 aliphatic rings. The summed E-state index contributed by atoms with van der Waals surface area (Å²) < 4.78 is 0. The molecule has 1 aromatic carbocycles. The third-order valence-corrected chi connectivity index (χ3v) is 2.89. The molecule has 17 heavy (non-hydrogen) atoms. The second-order valence-corrected chi connectivity index (χ2v) is 4.44. The van der Waals surface area contributed by atoms with Gasteiger partial charge in [-0.2, -0.15) is 5.26 Å². The lowest BCUT2D eigenvalue weighted by molar-refractivity contribution is 0.282. The molecule has 92 valence electrons. The van der Waals surface area contributed by atoms with Gasteiger partial charge in [-0.3, -0.25) is 0 Å². The first kappa shape index (κ1) is 13.8. The molecule has 0 amide bonds. The summed E-state index contributed by atoms with van der Waals surface area (Å²) in [6.07, 6.45) is 0. The van der Waals surface area contributed by atoms with Crippen molar-refractivity contribution in [2.75, 3.05) is 18.0 Å². The molecule has 0 saturated heterocycles. The smallest absolute Gasteiger partial charge is 0.0702 e.